The molecular weight excluding hydrogens is 444 g/mol. The SMILES string of the molecule is CCC(C)N(CC(=O)N1CCc2sccc2C1c1ccccc1)C(=O)COCc1ccccc1. The number of thiophene rings is 1. The maximum atomic E-state index is 13.6. The first-order chi connectivity index (χ1) is 16.6. The molecule has 0 fully saturated rings. The molecule has 2 amide bonds. The average Bonchev–Trinajstić information content (AvgIpc) is 3.36. The van der Waals surface area contributed by atoms with Crippen molar-refractivity contribution in [3.05, 3.63) is 93.7 Å². The highest BCUT2D eigenvalue weighted by Crippen LogP contribution is 2.37. The van der Waals surface area contributed by atoms with E-state index in [-0.39, 0.29) is 37.0 Å². The highest BCUT2D eigenvalue weighted by Gasteiger charge is 2.34. The molecule has 0 aliphatic carbocycles. The maximum Gasteiger partial charge on any atom is 0.249 e. The van der Waals surface area contributed by atoms with E-state index in [1.54, 1.807) is 16.2 Å². The van der Waals surface area contributed by atoms with Gasteiger partial charge in [-0.2, -0.15) is 0 Å². The zero-order chi connectivity index (χ0) is 23.9. The molecule has 2 unspecified atom stereocenters. The topological polar surface area (TPSA) is 49.9 Å². The Morgan fingerprint density at radius 3 is 2.50 bits per heavy atom. The minimum absolute atomic E-state index is 0.0255. The lowest BCUT2D eigenvalue weighted by atomic mass is 9.93. The summed E-state index contributed by atoms with van der Waals surface area (Å²) >= 11 is 1.75. The normalized spacial score (nSPS) is 16.1. The van der Waals surface area contributed by atoms with Crippen molar-refractivity contribution in [1.29, 1.82) is 0 Å². The van der Waals surface area contributed by atoms with Gasteiger partial charge in [0.05, 0.1) is 12.6 Å². The summed E-state index contributed by atoms with van der Waals surface area (Å²) in [4.78, 5) is 31.7. The summed E-state index contributed by atoms with van der Waals surface area (Å²) in [5, 5.41) is 2.10. The van der Waals surface area contributed by atoms with Gasteiger partial charge in [0, 0.05) is 17.5 Å². The van der Waals surface area contributed by atoms with Crippen molar-refractivity contribution in [2.24, 2.45) is 0 Å². The second kappa shape index (κ2) is 11.4. The molecule has 4 rings (SSSR count). The molecule has 2 aromatic carbocycles. The number of rotatable bonds is 9. The number of carbonyl (C=O) groups excluding carboxylic acids is 2. The molecule has 2 heterocycles. The molecule has 0 saturated carbocycles. The fourth-order valence-corrected chi connectivity index (χ4v) is 5.34. The highest BCUT2D eigenvalue weighted by atomic mass is 32.1. The lowest BCUT2D eigenvalue weighted by Gasteiger charge is -2.38. The second-order valence-electron chi connectivity index (χ2n) is 8.71. The summed E-state index contributed by atoms with van der Waals surface area (Å²) in [7, 11) is 0. The van der Waals surface area contributed by atoms with E-state index in [0.717, 1.165) is 24.0 Å². The molecule has 34 heavy (non-hydrogen) atoms. The molecule has 0 saturated heterocycles. The zero-order valence-corrected chi connectivity index (χ0v) is 20.7. The van der Waals surface area contributed by atoms with Crippen molar-refractivity contribution < 1.29 is 14.3 Å². The third-order valence-electron chi connectivity index (χ3n) is 6.49. The van der Waals surface area contributed by atoms with Crippen molar-refractivity contribution in [1.82, 2.24) is 9.80 Å². The summed E-state index contributed by atoms with van der Waals surface area (Å²) < 4.78 is 5.70. The smallest absolute Gasteiger partial charge is 0.249 e. The number of carbonyl (C=O) groups is 2. The van der Waals surface area contributed by atoms with Gasteiger partial charge in [-0.25, -0.2) is 0 Å². The predicted molar refractivity (Wildman–Crippen MR) is 136 cm³/mol. The molecule has 1 aliphatic rings. The molecule has 1 aromatic heterocycles. The van der Waals surface area contributed by atoms with E-state index in [1.807, 2.05) is 67.3 Å². The number of nitrogens with zero attached hydrogens (tertiary/aromatic N) is 2. The fraction of sp³-hybridized carbons (Fsp3) is 0.357. The van der Waals surface area contributed by atoms with Crippen molar-refractivity contribution in [2.45, 2.75) is 45.4 Å². The largest absolute Gasteiger partial charge is 0.367 e. The van der Waals surface area contributed by atoms with Gasteiger partial charge in [-0.15, -0.1) is 11.3 Å². The second-order valence-corrected chi connectivity index (χ2v) is 9.71. The third kappa shape index (κ3) is 5.57. The lowest BCUT2D eigenvalue weighted by Crippen LogP contribution is -2.50. The monoisotopic (exact) mass is 476 g/mol. The Balaban J connectivity index is 1.47. The van der Waals surface area contributed by atoms with Crippen LogP contribution in [-0.4, -0.2) is 47.4 Å². The lowest BCUT2D eigenvalue weighted by molar-refractivity contribution is -0.146. The molecule has 6 heteroatoms. The van der Waals surface area contributed by atoms with Crippen LogP contribution >= 0.6 is 11.3 Å². The van der Waals surface area contributed by atoms with Gasteiger partial charge in [0.15, 0.2) is 0 Å². The summed E-state index contributed by atoms with van der Waals surface area (Å²) in [6.45, 7) is 5.07. The zero-order valence-electron chi connectivity index (χ0n) is 19.9. The van der Waals surface area contributed by atoms with E-state index >= 15 is 0 Å². The molecule has 3 aromatic rings. The first-order valence-corrected chi connectivity index (χ1v) is 12.8. The fourth-order valence-electron chi connectivity index (χ4n) is 4.44. The van der Waals surface area contributed by atoms with Gasteiger partial charge in [-0.05, 0) is 47.9 Å². The Morgan fingerprint density at radius 2 is 1.79 bits per heavy atom. The van der Waals surface area contributed by atoms with Gasteiger partial charge in [0.1, 0.15) is 13.2 Å². The molecule has 0 bridgehead atoms. The van der Waals surface area contributed by atoms with Crippen LogP contribution in [0.5, 0.6) is 0 Å². The van der Waals surface area contributed by atoms with E-state index in [1.165, 1.54) is 10.4 Å². The number of amides is 2. The van der Waals surface area contributed by atoms with Crippen molar-refractivity contribution >= 4 is 23.2 Å². The third-order valence-corrected chi connectivity index (χ3v) is 7.48. The van der Waals surface area contributed by atoms with Gasteiger partial charge in [0.25, 0.3) is 0 Å². The van der Waals surface area contributed by atoms with Crippen LogP contribution in [0.2, 0.25) is 0 Å². The standard InChI is InChI=1S/C28H32N2O3S/c1-3-21(2)30(27(32)20-33-19-22-10-6-4-7-11-22)18-26(31)29-16-14-25-24(15-17-34-25)28(29)23-12-8-5-9-13-23/h4-13,15,17,21,28H,3,14,16,18-20H2,1-2H3. The number of ether oxygens (including phenoxy) is 1. The van der Waals surface area contributed by atoms with E-state index in [0.29, 0.717) is 13.2 Å². The van der Waals surface area contributed by atoms with Gasteiger partial charge in [0.2, 0.25) is 11.8 Å². The number of hydrogen-bond donors (Lipinski definition) is 0. The molecule has 0 spiro atoms. The molecule has 0 radical (unpaired) electrons. The van der Waals surface area contributed by atoms with Crippen molar-refractivity contribution in [3.8, 4) is 0 Å². The first-order valence-electron chi connectivity index (χ1n) is 11.9. The van der Waals surface area contributed by atoms with Crippen molar-refractivity contribution in [2.75, 3.05) is 19.7 Å². The summed E-state index contributed by atoms with van der Waals surface area (Å²) in [6.07, 6.45) is 1.62. The Bertz CT molecular complexity index is 1080. The minimum atomic E-state index is -0.150. The summed E-state index contributed by atoms with van der Waals surface area (Å²) in [5.41, 5.74) is 3.32. The molecule has 178 valence electrons. The van der Waals surface area contributed by atoms with Crippen molar-refractivity contribution in [3.63, 3.8) is 0 Å². The Morgan fingerprint density at radius 1 is 1.09 bits per heavy atom. The van der Waals surface area contributed by atoms with Gasteiger partial charge in [-0.1, -0.05) is 67.6 Å². The molecule has 2 atom stereocenters. The van der Waals surface area contributed by atoms with Crippen LogP contribution in [0.1, 0.15) is 47.9 Å². The summed E-state index contributed by atoms with van der Waals surface area (Å²) in [6, 6.07) is 21.9. The Kier molecular flexibility index (Phi) is 8.14. The van der Waals surface area contributed by atoms with Crippen LogP contribution in [0, 0.1) is 0 Å². The average molecular weight is 477 g/mol. The number of fused-ring (bicyclic) bond motifs is 1. The van der Waals surface area contributed by atoms with Crippen LogP contribution < -0.4 is 0 Å². The first kappa shape index (κ1) is 24.2. The van der Waals surface area contributed by atoms with Gasteiger partial charge < -0.3 is 14.5 Å². The molecule has 5 nitrogen and oxygen atoms in total. The summed E-state index contributed by atoms with van der Waals surface area (Å²) in [5.74, 6) is -0.175. The Hall–Kier alpha value is -2.96. The minimum Gasteiger partial charge on any atom is -0.367 e. The quantitative estimate of drug-likeness (QED) is 0.433. The van der Waals surface area contributed by atoms with E-state index in [2.05, 4.69) is 23.6 Å². The van der Waals surface area contributed by atoms with Gasteiger partial charge >= 0.3 is 0 Å². The van der Waals surface area contributed by atoms with Crippen LogP contribution in [-0.2, 0) is 27.4 Å². The van der Waals surface area contributed by atoms with Crippen LogP contribution in [0.3, 0.4) is 0 Å². The van der Waals surface area contributed by atoms with Crippen LogP contribution in [0.15, 0.2) is 72.1 Å². The highest BCUT2D eigenvalue weighted by molar-refractivity contribution is 7.10. The number of benzene rings is 2. The molecule has 0 N–H and O–H groups in total. The van der Waals surface area contributed by atoms with E-state index in [4.69, 9.17) is 4.74 Å². The predicted octanol–water partition coefficient (Wildman–Crippen LogP) is 5.07. The van der Waals surface area contributed by atoms with E-state index < -0.39 is 0 Å². The molecular formula is C28H32N2O3S. The maximum absolute atomic E-state index is 13.6. The molecule has 1 aliphatic heterocycles. The van der Waals surface area contributed by atoms with Crippen LogP contribution in [0.25, 0.3) is 0 Å². The van der Waals surface area contributed by atoms with Crippen LogP contribution in [0.4, 0.5) is 0 Å². The Labute approximate surface area is 206 Å². The van der Waals surface area contributed by atoms with E-state index in [9.17, 15) is 9.59 Å². The number of hydrogen-bond acceptors (Lipinski definition) is 4. The van der Waals surface area contributed by atoms with Gasteiger partial charge in [-0.3, -0.25) is 9.59 Å².